The normalized spacial score (nSPS) is 27.1. The van der Waals surface area contributed by atoms with Crippen LogP contribution in [0.2, 0.25) is 0 Å². The van der Waals surface area contributed by atoms with Crippen molar-refractivity contribution in [2.75, 3.05) is 6.61 Å². The summed E-state index contributed by atoms with van der Waals surface area (Å²) in [7, 11) is 0. The molecule has 1 aromatic rings. The number of ether oxygens (including phenoxy) is 1. The van der Waals surface area contributed by atoms with Gasteiger partial charge < -0.3 is 9.84 Å². The quantitative estimate of drug-likeness (QED) is 0.913. The largest absolute Gasteiger partial charge is 0.391 e. The van der Waals surface area contributed by atoms with E-state index in [2.05, 4.69) is 0 Å². The van der Waals surface area contributed by atoms with E-state index >= 15 is 0 Å². The lowest BCUT2D eigenvalue weighted by Crippen LogP contribution is -2.30. The smallest absolute Gasteiger partial charge is 0.386 e. The summed E-state index contributed by atoms with van der Waals surface area (Å²) in [6.07, 6.45) is -6.07. The van der Waals surface area contributed by atoms with E-state index in [9.17, 15) is 18.3 Å². The zero-order valence-corrected chi connectivity index (χ0v) is 10.7. The maximum atomic E-state index is 12.1. The third-order valence-corrected chi connectivity index (χ3v) is 3.50. The van der Waals surface area contributed by atoms with Crippen molar-refractivity contribution in [1.29, 1.82) is 0 Å². The van der Waals surface area contributed by atoms with Crippen molar-refractivity contribution in [2.45, 2.75) is 44.1 Å². The average molecular weight is 274 g/mol. The Bertz CT molecular complexity index is 431. The van der Waals surface area contributed by atoms with Crippen molar-refractivity contribution < 1.29 is 23.0 Å². The summed E-state index contributed by atoms with van der Waals surface area (Å²) in [5.41, 5.74) is 1.81. The van der Waals surface area contributed by atoms with E-state index < -0.39 is 31.4 Å². The number of rotatable bonds is 3. The lowest BCUT2D eigenvalue weighted by Gasteiger charge is -2.34. The molecule has 0 saturated heterocycles. The summed E-state index contributed by atoms with van der Waals surface area (Å²) in [4.78, 5) is 0. The van der Waals surface area contributed by atoms with Gasteiger partial charge in [0.2, 0.25) is 0 Å². The number of aliphatic hydroxyl groups is 1. The highest BCUT2D eigenvalue weighted by atomic mass is 19.4. The number of hydrogen-bond acceptors (Lipinski definition) is 2. The molecule has 1 aromatic carbocycles. The molecule has 0 spiro atoms. The summed E-state index contributed by atoms with van der Waals surface area (Å²) >= 11 is 0. The van der Waals surface area contributed by atoms with Gasteiger partial charge in [-0.2, -0.15) is 13.2 Å². The van der Waals surface area contributed by atoms with Crippen molar-refractivity contribution in [3.8, 4) is 0 Å². The van der Waals surface area contributed by atoms with Gasteiger partial charge in [-0.3, -0.25) is 0 Å². The van der Waals surface area contributed by atoms with Gasteiger partial charge in [0.25, 0.3) is 0 Å². The maximum Gasteiger partial charge on any atom is 0.391 e. The van der Waals surface area contributed by atoms with E-state index in [0.717, 1.165) is 11.1 Å². The highest BCUT2D eigenvalue weighted by Crippen LogP contribution is 2.38. The fraction of sp³-hybridized carbons (Fsp3) is 0.571. The van der Waals surface area contributed by atoms with Crippen LogP contribution in [0.4, 0.5) is 13.2 Å². The van der Waals surface area contributed by atoms with Gasteiger partial charge in [0.05, 0.1) is 19.1 Å². The predicted octanol–water partition coefficient (Wildman–Crippen LogP) is 3.56. The highest BCUT2D eigenvalue weighted by Gasteiger charge is 2.33. The first kappa shape index (κ1) is 14.3. The highest BCUT2D eigenvalue weighted by molar-refractivity contribution is 5.35. The third-order valence-electron chi connectivity index (χ3n) is 3.50. The average Bonchev–Trinajstić information content (AvgIpc) is 2.34. The molecule has 3 atom stereocenters. The second-order valence-corrected chi connectivity index (χ2v) is 4.98. The lowest BCUT2D eigenvalue weighted by molar-refractivity contribution is -0.155. The number of alkyl halides is 3. The Balaban J connectivity index is 2.02. The number of benzene rings is 1. The Morgan fingerprint density at radius 2 is 1.89 bits per heavy atom. The monoisotopic (exact) mass is 274 g/mol. The van der Waals surface area contributed by atoms with Crippen molar-refractivity contribution in [3.05, 3.63) is 35.4 Å². The molecule has 5 heteroatoms. The summed E-state index contributed by atoms with van der Waals surface area (Å²) in [6.45, 7) is 1.59. The van der Waals surface area contributed by atoms with E-state index in [4.69, 9.17) is 4.74 Å². The topological polar surface area (TPSA) is 29.5 Å². The molecule has 0 aromatic heterocycles. The van der Waals surface area contributed by atoms with Gasteiger partial charge in [0.1, 0.15) is 6.10 Å². The zero-order chi connectivity index (χ0) is 14.0. The summed E-state index contributed by atoms with van der Waals surface area (Å²) < 4.78 is 41.5. The first-order valence-electron chi connectivity index (χ1n) is 6.33. The molecule has 0 fully saturated rings. The van der Waals surface area contributed by atoms with E-state index in [-0.39, 0.29) is 5.92 Å². The van der Waals surface area contributed by atoms with Crippen LogP contribution in [0.3, 0.4) is 0 Å². The molecule has 1 aliphatic carbocycles. The Morgan fingerprint density at radius 1 is 1.26 bits per heavy atom. The van der Waals surface area contributed by atoms with Crippen molar-refractivity contribution in [1.82, 2.24) is 0 Å². The van der Waals surface area contributed by atoms with Crippen LogP contribution in [-0.4, -0.2) is 24.0 Å². The Morgan fingerprint density at radius 3 is 2.53 bits per heavy atom. The summed E-state index contributed by atoms with van der Waals surface area (Å²) in [5.74, 6) is 0.176. The second-order valence-electron chi connectivity index (χ2n) is 4.98. The minimum Gasteiger partial charge on any atom is -0.386 e. The molecule has 0 amide bonds. The van der Waals surface area contributed by atoms with Crippen LogP contribution >= 0.6 is 0 Å². The fourth-order valence-corrected chi connectivity index (χ4v) is 2.52. The lowest BCUT2D eigenvalue weighted by atomic mass is 9.80. The molecular weight excluding hydrogens is 257 g/mol. The number of fused-ring (bicyclic) bond motifs is 1. The molecule has 2 rings (SSSR count). The SMILES string of the molecule is CC1CC(OCCC(F)(F)F)C(O)c2ccccc21. The number of aliphatic hydroxyl groups excluding tert-OH is 1. The molecule has 3 unspecified atom stereocenters. The van der Waals surface area contributed by atoms with Crippen molar-refractivity contribution >= 4 is 0 Å². The zero-order valence-electron chi connectivity index (χ0n) is 10.7. The summed E-state index contributed by atoms with van der Waals surface area (Å²) in [5, 5.41) is 10.2. The molecule has 1 N–H and O–H groups in total. The van der Waals surface area contributed by atoms with Crippen LogP contribution in [0.1, 0.15) is 42.9 Å². The van der Waals surface area contributed by atoms with Gasteiger partial charge in [-0.15, -0.1) is 0 Å². The summed E-state index contributed by atoms with van der Waals surface area (Å²) in [6, 6.07) is 7.45. The number of halogens is 3. The minimum atomic E-state index is -4.22. The van der Waals surface area contributed by atoms with Gasteiger partial charge in [0, 0.05) is 0 Å². The van der Waals surface area contributed by atoms with E-state index in [0.29, 0.717) is 6.42 Å². The second kappa shape index (κ2) is 5.51. The van der Waals surface area contributed by atoms with Gasteiger partial charge in [-0.25, -0.2) is 0 Å². The third kappa shape index (κ3) is 3.48. The molecule has 0 heterocycles. The predicted molar refractivity (Wildman–Crippen MR) is 64.8 cm³/mol. The maximum absolute atomic E-state index is 12.1. The van der Waals surface area contributed by atoms with Crippen molar-refractivity contribution in [3.63, 3.8) is 0 Å². The van der Waals surface area contributed by atoms with Gasteiger partial charge in [-0.1, -0.05) is 31.2 Å². The Labute approximate surface area is 110 Å². The van der Waals surface area contributed by atoms with Crippen LogP contribution in [-0.2, 0) is 4.74 Å². The molecule has 106 valence electrons. The first-order chi connectivity index (χ1) is 8.88. The molecule has 2 nitrogen and oxygen atoms in total. The van der Waals surface area contributed by atoms with Crippen LogP contribution in [0.25, 0.3) is 0 Å². The number of hydrogen-bond donors (Lipinski definition) is 1. The molecular formula is C14H17F3O2. The molecule has 19 heavy (non-hydrogen) atoms. The minimum absolute atomic E-state index is 0.176. The Hall–Kier alpha value is -1.07. The van der Waals surface area contributed by atoms with Gasteiger partial charge in [0.15, 0.2) is 0 Å². The van der Waals surface area contributed by atoms with Crippen LogP contribution in [0.15, 0.2) is 24.3 Å². The van der Waals surface area contributed by atoms with Gasteiger partial charge >= 0.3 is 6.18 Å². The van der Waals surface area contributed by atoms with Crippen molar-refractivity contribution in [2.24, 2.45) is 0 Å². The van der Waals surface area contributed by atoms with E-state index in [1.165, 1.54) is 0 Å². The van der Waals surface area contributed by atoms with Gasteiger partial charge in [-0.05, 0) is 23.5 Å². The first-order valence-corrected chi connectivity index (χ1v) is 6.33. The van der Waals surface area contributed by atoms with E-state index in [1.807, 2.05) is 25.1 Å². The standard InChI is InChI=1S/C14H17F3O2/c1-9-8-12(19-7-6-14(15,16)17)13(18)11-5-3-2-4-10(9)11/h2-5,9,12-13,18H,6-8H2,1H3. The van der Waals surface area contributed by atoms with E-state index in [1.54, 1.807) is 6.07 Å². The molecule has 0 radical (unpaired) electrons. The molecule has 1 aliphatic rings. The molecule has 0 bridgehead atoms. The molecule has 0 saturated carbocycles. The fourth-order valence-electron chi connectivity index (χ4n) is 2.52. The van der Waals surface area contributed by atoms with Crippen LogP contribution < -0.4 is 0 Å². The Kier molecular flexibility index (Phi) is 4.16. The van der Waals surface area contributed by atoms with Crippen LogP contribution in [0, 0.1) is 0 Å². The molecule has 0 aliphatic heterocycles. The van der Waals surface area contributed by atoms with Crippen LogP contribution in [0.5, 0.6) is 0 Å².